The average molecular weight is 455 g/mol. The molecule has 0 spiro atoms. The van der Waals surface area contributed by atoms with Crippen molar-refractivity contribution in [3.05, 3.63) is 106 Å². The molecule has 0 heterocycles. The Kier molecular flexibility index (Phi) is 8.61. The summed E-state index contributed by atoms with van der Waals surface area (Å²) in [6.07, 6.45) is 18.7. The molecule has 0 aromatic heterocycles. The Balaban J connectivity index is 1.62. The van der Waals surface area contributed by atoms with Crippen molar-refractivity contribution >= 4 is 11.6 Å². The highest BCUT2D eigenvalue weighted by molar-refractivity contribution is 6.22. The van der Waals surface area contributed by atoms with Gasteiger partial charge < -0.3 is 0 Å². The van der Waals surface area contributed by atoms with Crippen LogP contribution < -0.4 is 0 Å². The highest BCUT2D eigenvalue weighted by Gasteiger charge is 2.30. The minimum Gasteiger partial charge on any atom is -0.294 e. The summed E-state index contributed by atoms with van der Waals surface area (Å²) in [6.45, 7) is 11.0. The molecule has 34 heavy (non-hydrogen) atoms. The topological polar surface area (TPSA) is 34.1 Å². The van der Waals surface area contributed by atoms with Crippen LogP contribution in [0.4, 0.5) is 0 Å². The van der Waals surface area contributed by atoms with E-state index < -0.39 is 0 Å². The molecule has 178 valence electrons. The maximum atomic E-state index is 12.6. The lowest BCUT2D eigenvalue weighted by Gasteiger charge is -2.32. The van der Waals surface area contributed by atoms with Crippen LogP contribution in [0.3, 0.4) is 0 Å². The van der Waals surface area contributed by atoms with E-state index in [9.17, 15) is 9.59 Å². The number of carbonyl (C=O) groups excluding carboxylic acids is 2. The Hall–Kier alpha value is -3.00. The van der Waals surface area contributed by atoms with Gasteiger partial charge in [0.2, 0.25) is 0 Å². The predicted molar refractivity (Wildman–Crippen MR) is 143 cm³/mol. The third-order valence-corrected chi connectivity index (χ3v) is 7.02. The third-order valence-electron chi connectivity index (χ3n) is 7.02. The van der Waals surface area contributed by atoms with Crippen molar-refractivity contribution in [1.82, 2.24) is 0 Å². The van der Waals surface area contributed by atoms with E-state index in [2.05, 4.69) is 45.9 Å². The second-order valence-electron chi connectivity index (χ2n) is 10.4. The van der Waals surface area contributed by atoms with Gasteiger partial charge in [0.25, 0.3) is 0 Å². The second-order valence-corrected chi connectivity index (χ2v) is 10.4. The fourth-order valence-corrected chi connectivity index (χ4v) is 4.94. The van der Waals surface area contributed by atoms with Crippen LogP contribution in [0.1, 0.15) is 78.2 Å². The van der Waals surface area contributed by atoms with Gasteiger partial charge in [-0.2, -0.15) is 0 Å². The summed E-state index contributed by atoms with van der Waals surface area (Å²) in [7, 11) is 0. The number of ketones is 2. The minimum atomic E-state index is -0.0609. The first kappa shape index (κ1) is 25.6. The molecule has 1 saturated carbocycles. The van der Waals surface area contributed by atoms with Gasteiger partial charge in [-0.05, 0) is 68.6 Å². The first-order chi connectivity index (χ1) is 16.2. The molecule has 0 unspecified atom stereocenters. The van der Waals surface area contributed by atoms with Crippen LogP contribution in [0.2, 0.25) is 0 Å². The van der Waals surface area contributed by atoms with E-state index in [-0.39, 0.29) is 22.9 Å². The summed E-state index contributed by atoms with van der Waals surface area (Å²) in [5, 5.41) is 0. The molecular formula is C32H38O2. The molecule has 0 aliphatic heterocycles. The number of hydrogen-bond acceptors (Lipinski definition) is 2. The molecule has 2 aliphatic carbocycles. The van der Waals surface area contributed by atoms with Crippen molar-refractivity contribution in [3.8, 4) is 0 Å². The van der Waals surface area contributed by atoms with Crippen molar-refractivity contribution in [1.29, 1.82) is 0 Å². The summed E-state index contributed by atoms with van der Waals surface area (Å²) in [6, 6.07) is 9.84. The van der Waals surface area contributed by atoms with E-state index in [1.54, 1.807) is 6.08 Å². The lowest BCUT2D eigenvalue weighted by molar-refractivity contribution is -0.124. The number of Topliss-reactive ketones (excluding diaryl/α,β-unsaturated/α-hetero) is 2. The summed E-state index contributed by atoms with van der Waals surface area (Å²) in [5.74, 6) is -0.133. The van der Waals surface area contributed by atoms with Gasteiger partial charge in [-0.3, -0.25) is 9.59 Å². The fourth-order valence-electron chi connectivity index (χ4n) is 4.94. The Morgan fingerprint density at radius 1 is 0.941 bits per heavy atom. The molecular weight excluding hydrogens is 416 g/mol. The Bertz CT molecular complexity index is 1080. The highest BCUT2D eigenvalue weighted by atomic mass is 16.1. The first-order valence-electron chi connectivity index (χ1n) is 12.4. The molecule has 2 aliphatic rings. The van der Waals surface area contributed by atoms with Gasteiger partial charge in [0.05, 0.1) is 5.57 Å². The molecule has 0 saturated heterocycles. The van der Waals surface area contributed by atoms with Crippen LogP contribution in [0, 0.1) is 5.41 Å². The fraction of sp³-hybridized carbons (Fsp3) is 0.375. The minimum absolute atomic E-state index is 0.0109. The monoisotopic (exact) mass is 454 g/mol. The van der Waals surface area contributed by atoms with E-state index >= 15 is 0 Å². The third kappa shape index (κ3) is 6.76. The quantitative estimate of drug-likeness (QED) is 0.247. The SMILES string of the molecule is CC1=C(/C=C/C(C)=C/C=C/C(C)=C/C=C2C(=O)CC(c3ccccc3)CC2=O)C(C)(C)CCC1. The van der Waals surface area contributed by atoms with E-state index in [1.165, 1.54) is 36.0 Å². The highest BCUT2D eigenvalue weighted by Crippen LogP contribution is 2.40. The van der Waals surface area contributed by atoms with Gasteiger partial charge in [-0.1, -0.05) is 97.4 Å². The maximum Gasteiger partial charge on any atom is 0.167 e. The second kappa shape index (κ2) is 11.4. The van der Waals surface area contributed by atoms with E-state index in [0.29, 0.717) is 18.4 Å². The number of rotatable bonds is 6. The van der Waals surface area contributed by atoms with Crippen molar-refractivity contribution in [3.63, 3.8) is 0 Å². The lowest BCUT2D eigenvalue weighted by Crippen LogP contribution is -2.24. The van der Waals surface area contributed by atoms with E-state index in [1.807, 2.05) is 55.5 Å². The molecule has 1 aromatic rings. The smallest absolute Gasteiger partial charge is 0.167 e. The molecule has 2 nitrogen and oxygen atoms in total. The first-order valence-corrected chi connectivity index (χ1v) is 12.4. The molecule has 3 rings (SSSR count). The predicted octanol–water partition coefficient (Wildman–Crippen LogP) is 8.16. The van der Waals surface area contributed by atoms with Crippen LogP contribution in [0.15, 0.2) is 101 Å². The molecule has 0 radical (unpaired) electrons. The lowest BCUT2D eigenvalue weighted by atomic mass is 9.72. The largest absolute Gasteiger partial charge is 0.294 e. The van der Waals surface area contributed by atoms with Crippen molar-refractivity contribution in [2.45, 2.75) is 72.6 Å². The summed E-state index contributed by atoms with van der Waals surface area (Å²) in [5.41, 5.74) is 6.80. The van der Waals surface area contributed by atoms with Gasteiger partial charge in [0, 0.05) is 12.8 Å². The Morgan fingerprint density at radius 3 is 2.24 bits per heavy atom. The Labute approximate surface area is 205 Å². The van der Waals surface area contributed by atoms with Gasteiger partial charge in [-0.15, -0.1) is 0 Å². The van der Waals surface area contributed by atoms with Crippen LogP contribution in [-0.4, -0.2) is 11.6 Å². The number of hydrogen-bond donors (Lipinski definition) is 0. The summed E-state index contributed by atoms with van der Waals surface area (Å²) < 4.78 is 0. The average Bonchev–Trinajstić information content (AvgIpc) is 2.78. The number of benzene rings is 1. The molecule has 0 bridgehead atoms. The van der Waals surface area contributed by atoms with Crippen LogP contribution >= 0.6 is 0 Å². The Morgan fingerprint density at radius 2 is 1.59 bits per heavy atom. The van der Waals surface area contributed by atoms with Gasteiger partial charge >= 0.3 is 0 Å². The molecule has 0 atom stereocenters. The summed E-state index contributed by atoms with van der Waals surface area (Å²) in [4.78, 5) is 25.2. The zero-order valence-corrected chi connectivity index (χ0v) is 21.4. The maximum absolute atomic E-state index is 12.6. The van der Waals surface area contributed by atoms with E-state index in [4.69, 9.17) is 0 Å². The standard InChI is InChI=1S/C32H38O2/c1-23(11-9-12-24(2)17-19-29-25(3)13-10-20-32(29,4)5)16-18-28-30(33)21-27(22-31(28)34)26-14-7-6-8-15-26/h6-9,11-12,14-19,27H,10,13,20-22H2,1-5H3/b11-9+,19-17+,23-16+,24-12+,28-18?. The summed E-state index contributed by atoms with van der Waals surface area (Å²) >= 11 is 0. The number of allylic oxidation sites excluding steroid dienone is 12. The normalized spacial score (nSPS) is 22.3. The van der Waals surface area contributed by atoms with Gasteiger partial charge in [-0.25, -0.2) is 0 Å². The van der Waals surface area contributed by atoms with Gasteiger partial charge in [0.15, 0.2) is 11.6 Å². The van der Waals surface area contributed by atoms with Crippen LogP contribution in [-0.2, 0) is 9.59 Å². The van der Waals surface area contributed by atoms with Crippen LogP contribution in [0.25, 0.3) is 0 Å². The molecule has 2 heteroatoms. The zero-order valence-electron chi connectivity index (χ0n) is 21.4. The van der Waals surface area contributed by atoms with Crippen molar-refractivity contribution < 1.29 is 9.59 Å². The molecule has 1 aromatic carbocycles. The molecule has 1 fully saturated rings. The van der Waals surface area contributed by atoms with Gasteiger partial charge in [0.1, 0.15) is 0 Å². The number of carbonyl (C=O) groups is 2. The van der Waals surface area contributed by atoms with Crippen LogP contribution in [0.5, 0.6) is 0 Å². The van der Waals surface area contributed by atoms with E-state index in [0.717, 1.165) is 11.1 Å². The zero-order chi connectivity index (χ0) is 24.7. The van der Waals surface area contributed by atoms with Crippen molar-refractivity contribution in [2.24, 2.45) is 5.41 Å². The van der Waals surface area contributed by atoms with Crippen molar-refractivity contribution in [2.75, 3.05) is 0 Å². The molecule has 0 N–H and O–H groups in total. The molecule has 0 amide bonds.